The topological polar surface area (TPSA) is 0 Å². The average Bonchev–Trinajstić information content (AvgIpc) is 1.30. The van der Waals surface area contributed by atoms with Crippen molar-refractivity contribution in [1.29, 1.82) is 0 Å². The van der Waals surface area contributed by atoms with E-state index < -0.39 is 0 Å². The van der Waals surface area contributed by atoms with Gasteiger partial charge in [-0.1, -0.05) is 0 Å². The summed E-state index contributed by atoms with van der Waals surface area (Å²) < 4.78 is 0. The van der Waals surface area contributed by atoms with Crippen molar-refractivity contribution in [3.63, 3.8) is 0 Å². The van der Waals surface area contributed by atoms with Crippen LogP contribution in [0.25, 0.3) is 0 Å². The molecule has 0 radical (unpaired) electrons. The first-order valence-corrected chi connectivity index (χ1v) is 1.64. The van der Waals surface area contributed by atoms with Gasteiger partial charge in [0.2, 0.25) is 0 Å². The Morgan fingerprint density at radius 1 is 1.83 bits per heavy atom. The van der Waals surface area contributed by atoms with Gasteiger partial charge < -0.3 is 0 Å². The Balaban J connectivity index is 0.000000250. The molecule has 0 aromatic heterocycles. The van der Waals surface area contributed by atoms with Gasteiger partial charge in [0.05, 0.1) is 0 Å². The van der Waals surface area contributed by atoms with Gasteiger partial charge in [0.1, 0.15) is 0 Å². The zero-order valence-corrected chi connectivity index (χ0v) is 6.33. The van der Waals surface area contributed by atoms with Crippen LogP contribution in [0.4, 0.5) is 0 Å². The van der Waals surface area contributed by atoms with Gasteiger partial charge in [0, 0.05) is 21.1 Å². The van der Waals surface area contributed by atoms with Gasteiger partial charge in [0.15, 0.2) is 0 Å². The molecule has 0 aromatic carbocycles. The van der Waals surface area contributed by atoms with E-state index in [0.717, 1.165) is 6.42 Å². The Bertz CT molecular complexity index is 81.9. The van der Waals surface area contributed by atoms with Crippen LogP contribution in [0.15, 0.2) is 18.2 Å². The molecule has 0 N–H and O–H groups in total. The van der Waals surface area contributed by atoms with Gasteiger partial charge >= 0.3 is 0 Å². The van der Waals surface area contributed by atoms with Gasteiger partial charge in [-0.05, 0) is 0 Å². The van der Waals surface area contributed by atoms with E-state index in [2.05, 4.69) is 12.7 Å². The van der Waals surface area contributed by atoms with E-state index in [1.807, 2.05) is 6.08 Å². The molecule has 0 nitrogen and oxygen atoms in total. The standard InChI is InChI=1S/C5H5.W/c1-5-3-2-4-5;/h3H,1,4H2;/q-1;. The van der Waals surface area contributed by atoms with Crippen molar-refractivity contribution in [2.24, 2.45) is 0 Å². The number of rotatable bonds is 0. The third kappa shape index (κ3) is 1.10. The van der Waals surface area contributed by atoms with Crippen LogP contribution in [0.1, 0.15) is 6.42 Å². The fourth-order valence-corrected chi connectivity index (χ4v) is 0.246. The Kier molecular flexibility index (Phi) is 2.43. The molecule has 0 amide bonds. The third-order valence-corrected chi connectivity index (χ3v) is 0.635. The molecule has 6 heavy (non-hydrogen) atoms. The molecule has 1 aliphatic carbocycles. The summed E-state index contributed by atoms with van der Waals surface area (Å²) in [5.41, 5.74) is 1.20. The Morgan fingerprint density at radius 3 is 2.17 bits per heavy atom. The average molecular weight is 249 g/mol. The van der Waals surface area contributed by atoms with Crippen molar-refractivity contribution in [1.82, 2.24) is 0 Å². The first kappa shape index (κ1) is 6.17. The smallest absolute Gasteiger partial charge is 0 e. The monoisotopic (exact) mass is 249 g/mol. The molecule has 0 saturated carbocycles. The normalized spacial score (nSPS) is 15.7. The molecule has 0 bridgehead atoms. The molecule has 0 fully saturated rings. The molecule has 0 aromatic rings. The molecule has 0 unspecified atom stereocenters. The molecule has 0 heterocycles. The quantitative estimate of drug-likeness (QED) is 0.567. The van der Waals surface area contributed by atoms with Gasteiger partial charge in [-0.3, -0.25) is 6.08 Å². The first-order chi connectivity index (χ1) is 2.39. The Labute approximate surface area is 52.2 Å². The minimum Gasteiger partial charge on any atom is -0.288 e. The predicted octanol–water partition coefficient (Wildman–Crippen LogP) is 1.30. The maximum Gasteiger partial charge on any atom is 0 e. The predicted molar refractivity (Wildman–Crippen MR) is 21.6 cm³/mol. The van der Waals surface area contributed by atoms with Crippen LogP contribution in [0.3, 0.4) is 0 Å². The van der Waals surface area contributed by atoms with Crippen LogP contribution >= 0.6 is 0 Å². The van der Waals surface area contributed by atoms with E-state index in [0.29, 0.717) is 0 Å². The second kappa shape index (κ2) is 2.36. The number of allylic oxidation sites excluding steroid dienone is 3. The Hall–Kier alpha value is 0.168. The van der Waals surface area contributed by atoms with E-state index in [-0.39, 0.29) is 21.1 Å². The summed E-state index contributed by atoms with van der Waals surface area (Å²) in [6, 6.07) is 0. The third-order valence-electron chi connectivity index (χ3n) is 0.635. The van der Waals surface area contributed by atoms with Crippen molar-refractivity contribution >= 4 is 0 Å². The van der Waals surface area contributed by atoms with Gasteiger partial charge in [-0.2, -0.15) is 13.0 Å². The molecular weight excluding hydrogens is 244 g/mol. The van der Waals surface area contributed by atoms with Gasteiger partial charge in [-0.15, -0.1) is 0 Å². The zero-order valence-electron chi connectivity index (χ0n) is 3.40. The molecule has 0 atom stereocenters. The summed E-state index contributed by atoms with van der Waals surface area (Å²) in [6.07, 6.45) is 5.83. The summed E-state index contributed by atoms with van der Waals surface area (Å²) in [6.45, 7) is 3.64. The van der Waals surface area contributed by atoms with Crippen LogP contribution in [0.2, 0.25) is 0 Å². The van der Waals surface area contributed by atoms with Crippen LogP contribution < -0.4 is 0 Å². The van der Waals surface area contributed by atoms with Crippen LogP contribution in [0, 0.1) is 6.08 Å². The maximum absolute atomic E-state index is 3.64. The largest absolute Gasteiger partial charge is 0.288 e. The minimum absolute atomic E-state index is 0. The molecule has 0 aliphatic heterocycles. The van der Waals surface area contributed by atoms with Crippen molar-refractivity contribution < 1.29 is 21.1 Å². The van der Waals surface area contributed by atoms with E-state index in [9.17, 15) is 0 Å². The van der Waals surface area contributed by atoms with E-state index in [1.165, 1.54) is 5.57 Å². The molecule has 1 heteroatoms. The fourth-order valence-electron chi connectivity index (χ4n) is 0.246. The molecular formula is C5H5W-. The molecule has 32 valence electrons. The van der Waals surface area contributed by atoms with E-state index >= 15 is 0 Å². The van der Waals surface area contributed by atoms with Crippen molar-refractivity contribution in [2.45, 2.75) is 6.42 Å². The summed E-state index contributed by atoms with van der Waals surface area (Å²) in [7, 11) is 0. The van der Waals surface area contributed by atoms with Crippen LogP contribution in [-0.4, -0.2) is 0 Å². The number of hydrogen-bond donors (Lipinski definition) is 0. The molecule has 1 rings (SSSR count). The summed E-state index contributed by atoms with van der Waals surface area (Å²) in [4.78, 5) is 0. The number of hydrogen-bond acceptors (Lipinski definition) is 0. The molecule has 1 aliphatic rings. The maximum atomic E-state index is 3.64. The summed E-state index contributed by atoms with van der Waals surface area (Å²) >= 11 is 0. The van der Waals surface area contributed by atoms with Crippen LogP contribution in [0.5, 0.6) is 0 Å². The fraction of sp³-hybridized carbons (Fsp3) is 0.200. The second-order valence-corrected chi connectivity index (χ2v) is 1.18. The summed E-state index contributed by atoms with van der Waals surface area (Å²) in [5.74, 6) is 0. The summed E-state index contributed by atoms with van der Waals surface area (Å²) in [5, 5.41) is 0. The van der Waals surface area contributed by atoms with Crippen LogP contribution in [-0.2, 0) is 21.1 Å². The molecule has 0 spiro atoms. The van der Waals surface area contributed by atoms with Crippen molar-refractivity contribution in [2.75, 3.05) is 0 Å². The van der Waals surface area contributed by atoms with Gasteiger partial charge in [0.25, 0.3) is 0 Å². The van der Waals surface area contributed by atoms with Gasteiger partial charge in [-0.25, -0.2) is 11.6 Å². The first-order valence-electron chi connectivity index (χ1n) is 1.64. The van der Waals surface area contributed by atoms with Crippen molar-refractivity contribution in [3.8, 4) is 0 Å². The Morgan fingerprint density at radius 2 is 2.17 bits per heavy atom. The van der Waals surface area contributed by atoms with E-state index in [1.54, 1.807) is 0 Å². The zero-order chi connectivity index (χ0) is 3.70. The SMILES string of the molecule is C=C1C=[C-]C1.[W]. The second-order valence-electron chi connectivity index (χ2n) is 1.18. The van der Waals surface area contributed by atoms with E-state index in [4.69, 9.17) is 0 Å². The molecule has 0 saturated heterocycles. The minimum atomic E-state index is 0. The van der Waals surface area contributed by atoms with Crippen molar-refractivity contribution in [3.05, 3.63) is 24.3 Å².